The lowest BCUT2D eigenvalue weighted by Crippen LogP contribution is -2.52. The maximum Gasteiger partial charge on any atom is 0.244 e. The van der Waals surface area contributed by atoms with E-state index in [4.69, 9.17) is 39.5 Å². The number of benzene rings is 2. The number of hydrogen-bond acceptors (Lipinski definition) is 5. The van der Waals surface area contributed by atoms with Gasteiger partial charge in [-0.15, -0.1) is 0 Å². The number of ether oxygens (including phenoxy) is 1. The standard InChI is InChI=1S/C25H32Cl3N3O5S/c1-5-7-12-29-25(33)22(6-2)30(15-17-8-10-19(26)20(27)13-17)24(32)16-31(37(4,34)35)18-9-11-23(36-3)21(28)14-18/h8-11,13-14,22H,5-7,12,15-16H2,1-4H3,(H,29,33)/t22-/m0/s1. The minimum atomic E-state index is -3.89. The molecule has 0 bridgehead atoms. The zero-order valence-corrected chi connectivity index (χ0v) is 24.3. The van der Waals surface area contributed by atoms with E-state index < -0.39 is 28.5 Å². The van der Waals surface area contributed by atoms with Crippen molar-refractivity contribution in [2.75, 3.05) is 30.8 Å². The van der Waals surface area contributed by atoms with E-state index in [0.717, 1.165) is 23.4 Å². The molecule has 37 heavy (non-hydrogen) atoms. The van der Waals surface area contributed by atoms with Crippen molar-refractivity contribution in [2.24, 2.45) is 0 Å². The molecule has 0 aromatic heterocycles. The van der Waals surface area contributed by atoms with Crippen LogP contribution in [0.2, 0.25) is 15.1 Å². The molecule has 2 rings (SSSR count). The van der Waals surface area contributed by atoms with Crippen LogP contribution in [0.1, 0.15) is 38.7 Å². The third-order valence-corrected chi connectivity index (χ3v) is 7.83. The SMILES string of the molecule is CCCCNC(=O)[C@H](CC)N(Cc1ccc(Cl)c(Cl)c1)C(=O)CN(c1ccc(OC)c(Cl)c1)S(C)(=O)=O. The molecule has 2 amide bonds. The molecular formula is C25H32Cl3N3O5S. The van der Waals surface area contributed by atoms with Gasteiger partial charge in [0.05, 0.1) is 34.1 Å². The smallest absolute Gasteiger partial charge is 0.244 e. The van der Waals surface area contributed by atoms with Crippen molar-refractivity contribution >= 4 is 62.3 Å². The molecule has 2 aromatic carbocycles. The number of nitrogens with one attached hydrogen (secondary N) is 1. The monoisotopic (exact) mass is 591 g/mol. The lowest BCUT2D eigenvalue weighted by Gasteiger charge is -2.33. The van der Waals surface area contributed by atoms with E-state index in [1.807, 2.05) is 6.92 Å². The fourth-order valence-electron chi connectivity index (χ4n) is 3.68. The normalized spacial score (nSPS) is 12.1. The zero-order valence-electron chi connectivity index (χ0n) is 21.3. The number of halogens is 3. The maximum absolute atomic E-state index is 13.7. The Balaban J connectivity index is 2.45. The third-order valence-electron chi connectivity index (χ3n) is 5.65. The van der Waals surface area contributed by atoms with E-state index in [9.17, 15) is 18.0 Å². The van der Waals surface area contributed by atoms with Crippen LogP contribution in [0, 0.1) is 0 Å². The number of nitrogens with zero attached hydrogens (tertiary/aromatic N) is 2. The minimum Gasteiger partial charge on any atom is -0.495 e. The van der Waals surface area contributed by atoms with Gasteiger partial charge in [0.1, 0.15) is 18.3 Å². The van der Waals surface area contributed by atoms with Crippen LogP contribution < -0.4 is 14.4 Å². The van der Waals surface area contributed by atoms with Crippen LogP contribution in [0.25, 0.3) is 0 Å². The fourth-order valence-corrected chi connectivity index (χ4v) is 5.10. The van der Waals surface area contributed by atoms with Crippen LogP contribution in [0.3, 0.4) is 0 Å². The lowest BCUT2D eigenvalue weighted by atomic mass is 10.1. The highest BCUT2D eigenvalue weighted by Gasteiger charge is 2.32. The largest absolute Gasteiger partial charge is 0.495 e. The molecule has 0 heterocycles. The van der Waals surface area contributed by atoms with Gasteiger partial charge in [-0.2, -0.15) is 0 Å². The van der Waals surface area contributed by atoms with Crippen LogP contribution in [-0.2, 0) is 26.2 Å². The Hall–Kier alpha value is -2.20. The van der Waals surface area contributed by atoms with Crippen molar-refractivity contribution in [3.05, 3.63) is 57.0 Å². The number of carbonyl (C=O) groups excluding carboxylic acids is 2. The number of amides is 2. The van der Waals surface area contributed by atoms with Crippen LogP contribution in [0.15, 0.2) is 36.4 Å². The van der Waals surface area contributed by atoms with Crippen molar-refractivity contribution < 1.29 is 22.7 Å². The second-order valence-corrected chi connectivity index (χ2v) is 11.6. The van der Waals surface area contributed by atoms with Crippen LogP contribution in [0.5, 0.6) is 5.75 Å². The zero-order chi connectivity index (χ0) is 27.8. The summed E-state index contributed by atoms with van der Waals surface area (Å²) >= 11 is 18.4. The highest BCUT2D eigenvalue weighted by Crippen LogP contribution is 2.30. The van der Waals surface area contributed by atoms with Gasteiger partial charge in [-0.25, -0.2) is 8.42 Å². The molecule has 0 spiro atoms. The second kappa shape index (κ2) is 14.1. The predicted molar refractivity (Wildman–Crippen MR) is 149 cm³/mol. The number of hydrogen-bond donors (Lipinski definition) is 1. The van der Waals surface area contributed by atoms with Crippen molar-refractivity contribution in [1.82, 2.24) is 10.2 Å². The first-order valence-corrected chi connectivity index (χ1v) is 14.7. The highest BCUT2D eigenvalue weighted by molar-refractivity contribution is 7.92. The third kappa shape index (κ3) is 8.67. The number of carbonyl (C=O) groups is 2. The molecule has 0 unspecified atom stereocenters. The molecule has 12 heteroatoms. The minimum absolute atomic E-state index is 0.0242. The second-order valence-electron chi connectivity index (χ2n) is 8.43. The Morgan fingerprint density at radius 2 is 1.73 bits per heavy atom. The Kier molecular flexibility index (Phi) is 11.8. The number of rotatable bonds is 13. The first-order chi connectivity index (χ1) is 17.4. The van der Waals surface area contributed by atoms with Crippen LogP contribution >= 0.6 is 34.8 Å². The summed E-state index contributed by atoms with van der Waals surface area (Å²) in [5.41, 5.74) is 0.831. The predicted octanol–water partition coefficient (Wildman–Crippen LogP) is 5.15. The van der Waals surface area contributed by atoms with Crippen LogP contribution in [0.4, 0.5) is 5.69 Å². The molecule has 204 valence electrons. The number of sulfonamides is 1. The number of unbranched alkanes of at least 4 members (excludes halogenated alkanes) is 1. The van der Waals surface area contributed by atoms with Crippen LogP contribution in [-0.4, -0.2) is 57.6 Å². The van der Waals surface area contributed by atoms with Crippen molar-refractivity contribution in [1.29, 1.82) is 0 Å². The summed E-state index contributed by atoms with van der Waals surface area (Å²) in [4.78, 5) is 28.1. The fraction of sp³-hybridized carbons (Fsp3) is 0.440. The molecule has 8 nitrogen and oxygen atoms in total. The molecule has 0 saturated heterocycles. The molecule has 1 N–H and O–H groups in total. The van der Waals surface area contributed by atoms with Crippen molar-refractivity contribution in [2.45, 2.75) is 45.7 Å². The van der Waals surface area contributed by atoms with E-state index in [-0.39, 0.29) is 23.2 Å². The number of methoxy groups -OCH3 is 1. The summed E-state index contributed by atoms with van der Waals surface area (Å²) in [5.74, 6) is -0.523. The van der Waals surface area contributed by atoms with E-state index in [2.05, 4.69) is 5.32 Å². The molecule has 2 aromatic rings. The van der Waals surface area contributed by atoms with Gasteiger partial charge in [0, 0.05) is 13.1 Å². The van der Waals surface area contributed by atoms with Gasteiger partial charge >= 0.3 is 0 Å². The molecule has 0 saturated carbocycles. The van der Waals surface area contributed by atoms with Gasteiger partial charge in [-0.3, -0.25) is 13.9 Å². The van der Waals surface area contributed by atoms with Gasteiger partial charge in [0.15, 0.2) is 0 Å². The average molecular weight is 593 g/mol. The Bertz CT molecular complexity index is 1210. The number of anilines is 1. The van der Waals surface area contributed by atoms with E-state index in [0.29, 0.717) is 34.3 Å². The van der Waals surface area contributed by atoms with Gasteiger partial charge < -0.3 is 15.0 Å². The molecule has 0 aliphatic rings. The van der Waals surface area contributed by atoms with Gasteiger partial charge in [0.25, 0.3) is 0 Å². The molecule has 0 fully saturated rings. The molecule has 0 aliphatic heterocycles. The van der Waals surface area contributed by atoms with E-state index >= 15 is 0 Å². The highest BCUT2D eigenvalue weighted by atomic mass is 35.5. The Morgan fingerprint density at radius 1 is 1.03 bits per heavy atom. The van der Waals surface area contributed by atoms with E-state index in [1.54, 1.807) is 25.1 Å². The van der Waals surface area contributed by atoms with Gasteiger partial charge in [-0.1, -0.05) is 61.1 Å². The first-order valence-electron chi connectivity index (χ1n) is 11.7. The molecule has 0 radical (unpaired) electrons. The van der Waals surface area contributed by atoms with Crippen molar-refractivity contribution in [3.8, 4) is 5.75 Å². The van der Waals surface area contributed by atoms with Gasteiger partial charge in [-0.05, 0) is 48.7 Å². The summed E-state index contributed by atoms with van der Waals surface area (Å²) in [6.07, 6.45) is 3.01. The first kappa shape index (κ1) is 31.0. The molecule has 1 atom stereocenters. The topological polar surface area (TPSA) is 96.0 Å². The average Bonchev–Trinajstić information content (AvgIpc) is 2.83. The lowest BCUT2D eigenvalue weighted by molar-refractivity contribution is -0.140. The quantitative estimate of drug-likeness (QED) is 0.325. The molecular weight excluding hydrogens is 561 g/mol. The Morgan fingerprint density at radius 3 is 2.27 bits per heavy atom. The summed E-state index contributed by atoms with van der Waals surface area (Å²) in [6.45, 7) is 3.75. The molecule has 0 aliphatic carbocycles. The van der Waals surface area contributed by atoms with Crippen molar-refractivity contribution in [3.63, 3.8) is 0 Å². The maximum atomic E-state index is 13.7. The van der Waals surface area contributed by atoms with E-state index in [1.165, 1.54) is 30.2 Å². The summed E-state index contributed by atoms with van der Waals surface area (Å²) in [7, 11) is -2.45. The van der Waals surface area contributed by atoms with Gasteiger partial charge in [0.2, 0.25) is 21.8 Å². The summed E-state index contributed by atoms with van der Waals surface area (Å²) in [6, 6.07) is 8.51. The summed E-state index contributed by atoms with van der Waals surface area (Å²) in [5, 5.41) is 3.72. The summed E-state index contributed by atoms with van der Waals surface area (Å²) < 4.78 is 31.5. The Labute approximate surface area is 233 Å².